The maximum absolute atomic E-state index is 13.0. The number of sulfonamides is 1. The Morgan fingerprint density at radius 1 is 1.14 bits per heavy atom. The fourth-order valence-corrected chi connectivity index (χ4v) is 3.75. The number of aryl methyl sites for hydroxylation is 1. The van der Waals surface area contributed by atoms with Crippen molar-refractivity contribution in [2.75, 3.05) is 10.8 Å². The van der Waals surface area contributed by atoms with Gasteiger partial charge in [-0.3, -0.25) is 4.31 Å². The van der Waals surface area contributed by atoms with E-state index in [-0.39, 0.29) is 11.4 Å². The van der Waals surface area contributed by atoms with Crippen molar-refractivity contribution in [3.8, 4) is 0 Å². The van der Waals surface area contributed by atoms with Crippen LogP contribution in [0.25, 0.3) is 0 Å². The topological polar surface area (TPSA) is 37.4 Å². The summed E-state index contributed by atoms with van der Waals surface area (Å²) in [5.74, 6) is -0.476. The molecule has 0 aromatic heterocycles. The summed E-state index contributed by atoms with van der Waals surface area (Å²) < 4.78 is 39.6. The summed E-state index contributed by atoms with van der Waals surface area (Å²) in [7, 11) is -3.75. The lowest BCUT2D eigenvalue weighted by Crippen LogP contribution is -2.31. The first kappa shape index (κ1) is 15.8. The van der Waals surface area contributed by atoms with Gasteiger partial charge in [0.15, 0.2) is 0 Å². The van der Waals surface area contributed by atoms with Crippen LogP contribution in [0.2, 0.25) is 5.02 Å². The standard InChI is InChI=1S/C15H15ClFNO2S/c1-3-18(15-10-12(16)5-4-11(15)2)21(19,20)14-8-6-13(17)7-9-14/h4-10H,3H2,1-2H3. The zero-order valence-electron chi connectivity index (χ0n) is 11.7. The Labute approximate surface area is 129 Å². The average Bonchev–Trinajstić information content (AvgIpc) is 2.43. The smallest absolute Gasteiger partial charge is 0.264 e. The van der Waals surface area contributed by atoms with Crippen molar-refractivity contribution >= 4 is 27.3 Å². The van der Waals surface area contributed by atoms with Crippen molar-refractivity contribution < 1.29 is 12.8 Å². The molecule has 0 unspecified atom stereocenters. The molecule has 0 heterocycles. The summed E-state index contributed by atoms with van der Waals surface area (Å²) in [5.41, 5.74) is 1.32. The molecule has 2 aromatic carbocycles. The monoisotopic (exact) mass is 327 g/mol. The van der Waals surface area contributed by atoms with Crippen LogP contribution in [-0.4, -0.2) is 15.0 Å². The molecule has 0 amide bonds. The van der Waals surface area contributed by atoms with E-state index in [2.05, 4.69) is 0 Å². The number of rotatable bonds is 4. The lowest BCUT2D eigenvalue weighted by Gasteiger charge is -2.24. The zero-order valence-corrected chi connectivity index (χ0v) is 13.2. The Hall–Kier alpha value is -1.59. The Balaban J connectivity index is 2.54. The van der Waals surface area contributed by atoms with Crippen molar-refractivity contribution in [3.05, 3.63) is 58.9 Å². The summed E-state index contributed by atoms with van der Waals surface area (Å²) in [6, 6.07) is 9.86. The van der Waals surface area contributed by atoms with Crippen molar-refractivity contribution in [1.29, 1.82) is 0 Å². The first-order valence-electron chi connectivity index (χ1n) is 6.40. The van der Waals surface area contributed by atoms with Gasteiger partial charge in [-0.15, -0.1) is 0 Å². The highest BCUT2D eigenvalue weighted by atomic mass is 35.5. The number of halogens is 2. The van der Waals surface area contributed by atoms with Crippen molar-refractivity contribution in [2.24, 2.45) is 0 Å². The highest BCUT2D eigenvalue weighted by Gasteiger charge is 2.24. The molecule has 112 valence electrons. The summed E-state index contributed by atoms with van der Waals surface area (Å²) in [6.45, 7) is 3.80. The van der Waals surface area contributed by atoms with E-state index >= 15 is 0 Å². The van der Waals surface area contributed by atoms with Gasteiger partial charge in [-0.1, -0.05) is 17.7 Å². The van der Waals surface area contributed by atoms with E-state index in [1.165, 1.54) is 16.4 Å². The Morgan fingerprint density at radius 3 is 2.33 bits per heavy atom. The van der Waals surface area contributed by atoms with E-state index in [9.17, 15) is 12.8 Å². The Morgan fingerprint density at radius 2 is 1.76 bits per heavy atom. The molecule has 0 spiro atoms. The van der Waals surface area contributed by atoms with E-state index in [4.69, 9.17) is 11.6 Å². The van der Waals surface area contributed by atoms with Gasteiger partial charge in [0.2, 0.25) is 0 Å². The molecule has 0 aliphatic carbocycles. The molecular formula is C15H15ClFNO2S. The number of hydrogen-bond donors (Lipinski definition) is 0. The van der Waals surface area contributed by atoms with Crippen molar-refractivity contribution in [1.82, 2.24) is 0 Å². The molecule has 0 atom stereocenters. The molecular weight excluding hydrogens is 313 g/mol. The van der Waals surface area contributed by atoms with Gasteiger partial charge in [0.05, 0.1) is 10.6 Å². The summed E-state index contributed by atoms with van der Waals surface area (Å²) in [6.07, 6.45) is 0. The zero-order chi connectivity index (χ0) is 15.6. The van der Waals surface area contributed by atoms with Crippen LogP contribution in [0.15, 0.2) is 47.4 Å². The minimum absolute atomic E-state index is 0.0464. The van der Waals surface area contributed by atoms with Crippen LogP contribution in [0.5, 0.6) is 0 Å². The maximum atomic E-state index is 13.0. The fraction of sp³-hybridized carbons (Fsp3) is 0.200. The number of hydrogen-bond acceptors (Lipinski definition) is 2. The highest BCUT2D eigenvalue weighted by Crippen LogP contribution is 2.29. The number of nitrogens with zero attached hydrogens (tertiary/aromatic N) is 1. The average molecular weight is 328 g/mol. The molecule has 0 N–H and O–H groups in total. The second-order valence-corrected chi connectivity index (χ2v) is 6.85. The predicted octanol–water partition coefficient (Wildman–Crippen LogP) is 4.00. The number of benzene rings is 2. The van der Waals surface area contributed by atoms with Gasteiger partial charge < -0.3 is 0 Å². The lowest BCUT2D eigenvalue weighted by atomic mass is 10.2. The van der Waals surface area contributed by atoms with Crippen LogP contribution < -0.4 is 4.31 Å². The van der Waals surface area contributed by atoms with E-state index in [1.807, 2.05) is 6.92 Å². The quantitative estimate of drug-likeness (QED) is 0.851. The third-order valence-electron chi connectivity index (χ3n) is 3.13. The summed E-state index contributed by atoms with van der Waals surface area (Å²) in [4.78, 5) is 0.0464. The molecule has 0 bridgehead atoms. The molecule has 2 rings (SSSR count). The van der Waals surface area contributed by atoms with Gasteiger partial charge in [0.1, 0.15) is 5.82 Å². The van der Waals surface area contributed by atoms with Gasteiger partial charge in [0.25, 0.3) is 10.0 Å². The molecule has 0 aliphatic rings. The predicted molar refractivity (Wildman–Crippen MR) is 82.8 cm³/mol. The maximum Gasteiger partial charge on any atom is 0.264 e. The third-order valence-corrected chi connectivity index (χ3v) is 5.27. The molecule has 0 aliphatic heterocycles. The van der Waals surface area contributed by atoms with Crippen LogP contribution in [-0.2, 0) is 10.0 Å². The molecule has 0 saturated carbocycles. The first-order valence-corrected chi connectivity index (χ1v) is 8.22. The van der Waals surface area contributed by atoms with Crippen LogP contribution >= 0.6 is 11.6 Å². The minimum atomic E-state index is -3.75. The summed E-state index contributed by atoms with van der Waals surface area (Å²) >= 11 is 5.96. The van der Waals surface area contributed by atoms with Crippen LogP contribution in [0.1, 0.15) is 12.5 Å². The van der Waals surface area contributed by atoms with E-state index in [0.717, 1.165) is 17.7 Å². The molecule has 0 fully saturated rings. The second-order valence-electron chi connectivity index (χ2n) is 4.55. The van der Waals surface area contributed by atoms with Gasteiger partial charge in [-0.25, -0.2) is 12.8 Å². The highest BCUT2D eigenvalue weighted by molar-refractivity contribution is 7.92. The Kier molecular flexibility index (Phi) is 4.54. The second kappa shape index (κ2) is 6.03. The van der Waals surface area contributed by atoms with Crippen LogP contribution in [0.3, 0.4) is 0 Å². The largest absolute Gasteiger partial charge is 0.266 e. The van der Waals surface area contributed by atoms with E-state index in [1.54, 1.807) is 25.1 Å². The molecule has 0 saturated heterocycles. The molecule has 2 aromatic rings. The van der Waals surface area contributed by atoms with Crippen molar-refractivity contribution in [2.45, 2.75) is 18.7 Å². The SMILES string of the molecule is CCN(c1cc(Cl)ccc1C)S(=O)(=O)c1ccc(F)cc1. The van der Waals surface area contributed by atoms with Gasteiger partial charge >= 0.3 is 0 Å². The summed E-state index contributed by atoms with van der Waals surface area (Å²) in [5, 5.41) is 0.461. The fourth-order valence-electron chi connectivity index (χ4n) is 2.05. The van der Waals surface area contributed by atoms with Gasteiger partial charge in [-0.2, -0.15) is 0 Å². The Bertz CT molecular complexity index is 745. The molecule has 0 radical (unpaired) electrons. The third kappa shape index (κ3) is 3.19. The van der Waals surface area contributed by atoms with Gasteiger partial charge in [-0.05, 0) is 55.8 Å². The number of anilines is 1. The lowest BCUT2D eigenvalue weighted by molar-refractivity contribution is 0.590. The van der Waals surface area contributed by atoms with Crippen LogP contribution in [0.4, 0.5) is 10.1 Å². The molecule has 3 nitrogen and oxygen atoms in total. The van der Waals surface area contributed by atoms with Gasteiger partial charge in [0, 0.05) is 11.6 Å². The minimum Gasteiger partial charge on any atom is -0.266 e. The molecule has 6 heteroatoms. The molecule has 21 heavy (non-hydrogen) atoms. The van der Waals surface area contributed by atoms with E-state index < -0.39 is 15.8 Å². The van der Waals surface area contributed by atoms with Crippen LogP contribution in [0, 0.1) is 12.7 Å². The first-order chi connectivity index (χ1) is 9.86. The van der Waals surface area contributed by atoms with E-state index in [0.29, 0.717) is 10.7 Å². The van der Waals surface area contributed by atoms with Crippen molar-refractivity contribution in [3.63, 3.8) is 0 Å². The normalized spacial score (nSPS) is 11.4.